The summed E-state index contributed by atoms with van der Waals surface area (Å²) >= 11 is 14.9. The number of unbranched alkanes of at least 4 members (excludes halogenated alkanes) is 7. The molecule has 119 heavy (non-hydrogen) atoms. The maximum Gasteiger partial charge on any atom is 0.326 e. The van der Waals surface area contributed by atoms with Gasteiger partial charge in [-0.3, -0.25) is 33.6 Å². The predicted octanol–water partition coefficient (Wildman–Crippen LogP) is -1.58. The van der Waals surface area contributed by atoms with Gasteiger partial charge in [0, 0.05) is 50.0 Å². The number of carboxylic acid groups (broad SMARTS) is 1. The summed E-state index contributed by atoms with van der Waals surface area (Å²) in [7, 11) is -2.17. The van der Waals surface area contributed by atoms with Gasteiger partial charge in [-0.05, 0) is 163 Å². The van der Waals surface area contributed by atoms with Crippen LogP contribution in [-0.4, -0.2) is 284 Å². The van der Waals surface area contributed by atoms with E-state index >= 15 is 24.0 Å². The summed E-state index contributed by atoms with van der Waals surface area (Å²) in [5.41, 5.74) is 10.9. The lowest BCUT2D eigenvalue weighted by Gasteiger charge is -2.51. The van der Waals surface area contributed by atoms with Crippen LogP contribution in [0.4, 0.5) is 0 Å². The van der Waals surface area contributed by atoms with Crippen LogP contribution >= 0.6 is 23.2 Å². The average molecular weight is 1750 g/mol. The van der Waals surface area contributed by atoms with Crippen molar-refractivity contribution in [1.29, 1.82) is 0 Å². The molecule has 1 aromatic rings. The van der Waals surface area contributed by atoms with Gasteiger partial charge in [0.2, 0.25) is 57.1 Å². The number of sulfonamides is 1. The summed E-state index contributed by atoms with van der Waals surface area (Å²) < 4.78 is 62.6. The highest BCUT2D eigenvalue weighted by Crippen LogP contribution is 2.51. The number of hydrogen-bond acceptors (Lipinski definition) is 27. The molecule has 0 spiro atoms. The molecule has 0 radical (unpaired) electrons. The molecular weight excluding hydrogens is 1620 g/mol. The van der Waals surface area contributed by atoms with Gasteiger partial charge >= 0.3 is 5.97 Å². The molecule has 39 heteroatoms. The molecule has 23 N–H and O–H groups in total. The molecule has 12 rings (SSSR count). The molecule has 7 amide bonds. The maximum absolute atomic E-state index is 16.5. The number of aliphatic carboxylic acids is 1. The van der Waals surface area contributed by atoms with Crippen molar-refractivity contribution in [2.24, 2.45) is 64.7 Å². The van der Waals surface area contributed by atoms with E-state index in [0.717, 1.165) is 44.9 Å². The average Bonchev–Trinajstić information content (AvgIpc) is 0.755. The van der Waals surface area contributed by atoms with E-state index in [-0.39, 0.29) is 131 Å². The van der Waals surface area contributed by atoms with E-state index in [2.05, 4.69) is 54.2 Å². The van der Waals surface area contributed by atoms with Gasteiger partial charge in [0.25, 0.3) is 0 Å². The SMILES string of the molecule is CCCCCCCCCCS(=O)(=O)NCCNCC1C(O)CC2C(C3C[C@H](CC[C@H]3O)[C@H]3NC(=O)[C@@H]4NC(=O)[C@H](CC(N)=O)NC(=O)[C@H](NC(=O)[C@@H](CC(C)C)NC)[C@H](O)[C@H]5CC[C@@H](Oc6cc4cc(c6O[C@@H]4C[C@H](CO)[C@@H](O)[C@H](O)[C@H]4O[C@H]4C[C@](C)(N)[C@H](O)[C@H](C)O4)O[C@@H]4CC[C@@H](CC4Cl)[C@@H](O)[C@H](NC3=O)C(=O)N[C@@H]2C(=O)O)[C@H](Cl)C5)[C@H]1O. The first kappa shape index (κ1) is 95.5. The molecule has 7 fully saturated rings. The number of nitrogens with two attached hydrogens (primary N) is 2. The van der Waals surface area contributed by atoms with Crippen molar-refractivity contribution in [2.45, 2.75) is 320 Å². The summed E-state index contributed by atoms with van der Waals surface area (Å²) in [5, 5.41) is 139. The van der Waals surface area contributed by atoms with E-state index in [4.69, 9.17) is 58.4 Å². The zero-order chi connectivity index (χ0) is 86.8. The van der Waals surface area contributed by atoms with Crippen LogP contribution in [0.3, 0.4) is 0 Å². The molecule has 11 aliphatic rings. The number of primary amides is 1. The molecule has 32 atom stereocenters. The lowest BCUT2D eigenvalue weighted by molar-refractivity contribution is -0.286. The minimum absolute atomic E-state index is 0.0186. The number of carboxylic acids is 1. The van der Waals surface area contributed by atoms with Gasteiger partial charge in [-0.1, -0.05) is 65.7 Å². The molecule has 6 aliphatic heterocycles. The third kappa shape index (κ3) is 23.7. The van der Waals surface area contributed by atoms with E-state index in [1.54, 1.807) is 13.8 Å². The molecule has 5 saturated carbocycles. The Labute approximate surface area is 704 Å². The van der Waals surface area contributed by atoms with Crippen LogP contribution < -0.4 is 72.9 Å². The number of likely N-dealkylation sites (N-methyl/N-ethyl adjacent to an activating group) is 1. The van der Waals surface area contributed by atoms with E-state index in [9.17, 15) is 73.9 Å². The van der Waals surface area contributed by atoms with Crippen LogP contribution in [0.25, 0.3) is 0 Å². The Morgan fingerprint density at radius 1 is 0.697 bits per heavy atom. The topological polar surface area (TPSA) is 579 Å². The number of fused-ring (bicyclic) bond motifs is 15. The second kappa shape index (κ2) is 42.3. The number of carbonyl (C=O) groups is 8. The highest BCUT2D eigenvalue weighted by atomic mass is 35.5. The second-order valence-electron chi connectivity index (χ2n) is 35.5. The largest absolute Gasteiger partial charge is 0.485 e. The lowest BCUT2D eigenvalue weighted by atomic mass is 9.58. The van der Waals surface area contributed by atoms with Crippen molar-refractivity contribution in [3.05, 3.63) is 17.7 Å². The zero-order valence-electron chi connectivity index (χ0n) is 68.6. The number of benzene rings is 1. The summed E-state index contributed by atoms with van der Waals surface area (Å²) in [6.07, 6.45) is -15.5. The van der Waals surface area contributed by atoms with Gasteiger partial charge in [-0.25, -0.2) is 17.9 Å². The smallest absolute Gasteiger partial charge is 0.326 e. The number of alkyl halides is 2. The van der Waals surface area contributed by atoms with Crippen molar-refractivity contribution < 1.29 is 122 Å². The number of hydrogen-bond donors (Lipinski definition) is 21. The number of aliphatic hydroxyl groups is 9. The Hall–Kier alpha value is -5.69. The van der Waals surface area contributed by atoms with Gasteiger partial charge in [0.15, 0.2) is 17.8 Å². The fraction of sp³-hybridized carbons (Fsp3) is 0.825. The Morgan fingerprint density at radius 3 is 1.91 bits per heavy atom. The maximum atomic E-state index is 16.5. The van der Waals surface area contributed by atoms with E-state index in [0.29, 0.717) is 6.42 Å². The van der Waals surface area contributed by atoms with Crippen molar-refractivity contribution in [2.75, 3.05) is 39.0 Å². The Morgan fingerprint density at radius 2 is 1.31 bits per heavy atom. The van der Waals surface area contributed by atoms with Gasteiger partial charge in [0.1, 0.15) is 66.8 Å². The van der Waals surface area contributed by atoms with E-state index < -0.39 is 268 Å². The highest BCUT2D eigenvalue weighted by Gasteiger charge is 2.57. The minimum Gasteiger partial charge on any atom is -0.485 e. The monoisotopic (exact) mass is 1750 g/mol. The first-order valence-electron chi connectivity index (χ1n) is 42.6. The second-order valence-corrected chi connectivity index (χ2v) is 38.5. The minimum atomic E-state index is -3.69. The lowest BCUT2D eigenvalue weighted by Crippen LogP contribution is -2.66. The molecule has 5 aliphatic carbocycles. The van der Waals surface area contributed by atoms with E-state index in [1.165, 1.54) is 19.2 Å². The molecule has 6 unspecified atom stereocenters. The van der Waals surface area contributed by atoms with Crippen LogP contribution in [0, 0.1) is 53.3 Å². The van der Waals surface area contributed by atoms with Crippen molar-refractivity contribution in [3.8, 4) is 17.2 Å². The summed E-state index contributed by atoms with van der Waals surface area (Å²) in [6.45, 7) is 8.05. The van der Waals surface area contributed by atoms with Gasteiger partial charge < -0.3 is 129 Å². The predicted molar refractivity (Wildman–Crippen MR) is 431 cm³/mol. The number of amides is 7. The fourth-order valence-electron chi connectivity index (χ4n) is 19.5. The Bertz CT molecular complexity index is 3750. The number of nitrogens with one attached hydrogen (secondary N) is 9. The quantitative estimate of drug-likeness (QED) is 0.0332. The zero-order valence-corrected chi connectivity index (χ0v) is 71.0. The van der Waals surface area contributed by atoms with Crippen LogP contribution in [0.5, 0.6) is 17.2 Å². The van der Waals surface area contributed by atoms with Gasteiger partial charge in [-0.2, -0.15) is 0 Å². The number of carbonyl (C=O) groups excluding carboxylic acids is 7. The molecule has 2 saturated heterocycles. The molecule has 36 nitrogen and oxygen atoms in total. The summed E-state index contributed by atoms with van der Waals surface area (Å²) in [5.74, 6) is -20.2. The molecule has 1 aromatic carbocycles. The van der Waals surface area contributed by atoms with Gasteiger partial charge in [-0.15, -0.1) is 23.2 Å². The molecule has 6 heterocycles. The molecule has 0 aromatic heterocycles. The van der Waals surface area contributed by atoms with Gasteiger partial charge in [0.05, 0.1) is 77.8 Å². The standard InChI is InChI=1S/C80H129Cl2N11O25S/c1-7-8-9-10-11-12-13-14-23-119(112,113)87-22-21-86-34-45-51(96)31-44-59(68(45)101)43-25-38(15-18-50(43)95)60-75(106)93-64(78(109)91-62(44)79(110)111)66(99)40-17-20-53(47(82)27-40)116-55-29-41-28-54(70(55)117-56-30-42(35-94)67(100)69(102)71(56)118-58-33-80(5,84)72(103)37(4)114-58)115-52-19-16-39(26-46(52)81)65(98)63(92-73(104)48(85-6)24-36(2)3)77(108)88-49(32-57(83)97)74(105)89-61(41)76(107)90-60/h28-29,36-40,42-53,56,58-69,71-72,85-87,94-96,98-103H,7-27,30-35,84H2,1-6H3,(H2,83,97)(H,88,108)(H,89,105)(H,90,107)(H,91,109)(H,92,104)(H,93,106)(H,110,111)/t37-,38-,39-,40-,42+,43?,44?,45?,46+,47?,48+,49-,50+,51?,52+,53+,56+,58-,59?,60+,61+,62-,63+,64-,65+,66+,67+,68-,69-,71-,72+,80-/m0/s1. The van der Waals surface area contributed by atoms with Crippen molar-refractivity contribution >= 4 is 80.5 Å². The van der Waals surface area contributed by atoms with Crippen LogP contribution in [0.1, 0.15) is 187 Å². The summed E-state index contributed by atoms with van der Waals surface area (Å²) in [4.78, 5) is 120. The molecular formula is C80H129Cl2N11O25S. The third-order valence-corrected chi connectivity index (χ3v) is 28.6. The highest BCUT2D eigenvalue weighted by molar-refractivity contribution is 7.89. The molecule has 11 bridgehead atoms. The first-order chi connectivity index (χ1) is 56.3. The van der Waals surface area contributed by atoms with Crippen molar-refractivity contribution in [1.82, 2.24) is 47.3 Å². The van der Waals surface area contributed by atoms with Crippen LogP contribution in [0.2, 0.25) is 0 Å². The number of ether oxygens (including phenoxy) is 5. The number of rotatable bonds is 28. The normalized spacial score (nSPS) is 38.9. The summed E-state index contributed by atoms with van der Waals surface area (Å²) in [6, 6.07) is -10.5. The number of halogens is 2. The van der Waals surface area contributed by atoms with Crippen molar-refractivity contribution in [3.63, 3.8) is 0 Å². The first-order valence-corrected chi connectivity index (χ1v) is 45.2. The fourth-order valence-corrected chi connectivity index (χ4v) is 21.5. The van der Waals surface area contributed by atoms with Crippen LogP contribution in [-0.2, 0) is 57.9 Å². The Balaban J connectivity index is 1.09. The Kier molecular flexibility index (Phi) is 34.0. The third-order valence-electron chi connectivity index (χ3n) is 26.2. The molecule has 674 valence electrons. The van der Waals surface area contributed by atoms with E-state index in [1.807, 2.05) is 13.8 Å². The van der Waals surface area contributed by atoms with Crippen LogP contribution in [0.15, 0.2) is 12.1 Å². The number of aliphatic hydroxyl groups excluding tert-OH is 9.